The van der Waals surface area contributed by atoms with Crippen molar-refractivity contribution in [2.45, 2.75) is 12.7 Å². The van der Waals surface area contributed by atoms with Crippen LogP contribution in [-0.4, -0.2) is 34.1 Å². The monoisotopic (exact) mass is 278 g/mol. The van der Waals surface area contributed by atoms with Crippen LogP contribution in [0.1, 0.15) is 11.3 Å². The number of pyridine rings is 1. The van der Waals surface area contributed by atoms with Crippen molar-refractivity contribution in [1.29, 1.82) is 0 Å². The predicted octanol–water partition coefficient (Wildman–Crippen LogP) is 0.951. The molecule has 0 aliphatic heterocycles. The first-order valence-corrected chi connectivity index (χ1v) is 7.33. The Morgan fingerprint density at radius 1 is 1.47 bits per heavy atom. The number of fused-ring (bicyclic) bond motifs is 1. The van der Waals surface area contributed by atoms with Crippen LogP contribution in [0.3, 0.4) is 0 Å². The molecule has 1 amide bonds. The minimum absolute atomic E-state index is 0.0232. The smallest absolute Gasteiger partial charge is 0.230 e. The van der Waals surface area contributed by atoms with Gasteiger partial charge in [-0.25, -0.2) is 4.98 Å². The maximum absolute atomic E-state index is 11.4. The third-order valence-electron chi connectivity index (χ3n) is 2.60. The van der Waals surface area contributed by atoms with E-state index in [4.69, 9.17) is 5.73 Å². The molecule has 2 rings (SSSR count). The summed E-state index contributed by atoms with van der Waals surface area (Å²) in [5.74, 6) is 1.19. The van der Waals surface area contributed by atoms with Gasteiger partial charge in [-0.2, -0.15) is 0 Å². The summed E-state index contributed by atoms with van der Waals surface area (Å²) in [6.45, 7) is 3.06. The van der Waals surface area contributed by atoms with Crippen LogP contribution >= 0.6 is 11.8 Å². The number of hydrogen-bond donors (Lipinski definition) is 2. The molecule has 0 saturated carbocycles. The van der Waals surface area contributed by atoms with Crippen LogP contribution in [-0.2, 0) is 10.5 Å². The number of hydrogen-bond acceptors (Lipinski definition) is 4. The zero-order chi connectivity index (χ0) is 13.7. The van der Waals surface area contributed by atoms with E-state index in [1.165, 1.54) is 5.56 Å². The number of aryl methyl sites for hydroxylation is 1. The molecule has 3 N–H and O–H groups in total. The second-order valence-corrected chi connectivity index (χ2v) is 5.32. The van der Waals surface area contributed by atoms with Crippen LogP contribution in [0.15, 0.2) is 24.5 Å². The highest BCUT2D eigenvalue weighted by atomic mass is 32.2. The summed E-state index contributed by atoms with van der Waals surface area (Å²) in [5.41, 5.74) is 8.44. The third-order valence-corrected chi connectivity index (χ3v) is 3.56. The number of carbonyl (C=O) groups is 1. The minimum Gasteiger partial charge on any atom is -0.354 e. The van der Waals surface area contributed by atoms with E-state index in [0.29, 0.717) is 18.8 Å². The molecule has 19 heavy (non-hydrogen) atoms. The molecule has 5 nitrogen and oxygen atoms in total. The quantitative estimate of drug-likeness (QED) is 0.825. The van der Waals surface area contributed by atoms with Crippen LogP contribution in [0.5, 0.6) is 0 Å². The van der Waals surface area contributed by atoms with Gasteiger partial charge >= 0.3 is 0 Å². The van der Waals surface area contributed by atoms with Crippen molar-refractivity contribution >= 4 is 23.3 Å². The highest BCUT2D eigenvalue weighted by molar-refractivity contribution is 7.99. The lowest BCUT2D eigenvalue weighted by Gasteiger charge is -2.01. The molecule has 0 aromatic carbocycles. The number of nitrogens with one attached hydrogen (secondary N) is 1. The predicted molar refractivity (Wildman–Crippen MR) is 78.2 cm³/mol. The topological polar surface area (TPSA) is 72.4 Å². The Balaban J connectivity index is 1.86. The number of imidazole rings is 1. The van der Waals surface area contributed by atoms with Gasteiger partial charge in [0.05, 0.1) is 11.4 Å². The molecule has 6 heteroatoms. The molecule has 102 valence electrons. The van der Waals surface area contributed by atoms with Gasteiger partial charge in [-0.15, -0.1) is 11.8 Å². The van der Waals surface area contributed by atoms with Crippen molar-refractivity contribution in [3.63, 3.8) is 0 Å². The number of nitrogens with zero attached hydrogens (tertiary/aromatic N) is 2. The van der Waals surface area contributed by atoms with E-state index in [0.717, 1.165) is 17.1 Å². The van der Waals surface area contributed by atoms with Crippen molar-refractivity contribution in [3.05, 3.63) is 35.8 Å². The summed E-state index contributed by atoms with van der Waals surface area (Å²) >= 11 is 1.56. The van der Waals surface area contributed by atoms with Gasteiger partial charge in [0.15, 0.2) is 0 Å². The molecule has 2 aromatic rings. The Morgan fingerprint density at radius 3 is 3.11 bits per heavy atom. The Kier molecular flexibility index (Phi) is 4.81. The molecular formula is C13H18N4OS. The summed E-state index contributed by atoms with van der Waals surface area (Å²) in [6, 6.07) is 4.04. The molecule has 0 bridgehead atoms. The summed E-state index contributed by atoms with van der Waals surface area (Å²) in [5, 5.41) is 2.74. The molecule has 0 radical (unpaired) electrons. The molecule has 0 spiro atoms. The van der Waals surface area contributed by atoms with E-state index < -0.39 is 0 Å². The third kappa shape index (κ3) is 3.97. The molecule has 0 fully saturated rings. The summed E-state index contributed by atoms with van der Waals surface area (Å²) in [4.78, 5) is 15.9. The first kappa shape index (κ1) is 13.9. The summed E-state index contributed by atoms with van der Waals surface area (Å²) in [6.07, 6.45) is 4.05. The fourth-order valence-electron chi connectivity index (χ4n) is 1.74. The molecule has 0 aliphatic rings. The molecule has 2 aromatic heterocycles. The average molecular weight is 278 g/mol. The fourth-order valence-corrected chi connectivity index (χ4v) is 2.47. The number of carbonyl (C=O) groups excluding carboxylic acids is 1. The van der Waals surface area contributed by atoms with E-state index in [-0.39, 0.29) is 5.91 Å². The molecule has 0 aliphatic carbocycles. The van der Waals surface area contributed by atoms with Gasteiger partial charge < -0.3 is 15.5 Å². The van der Waals surface area contributed by atoms with Crippen LogP contribution < -0.4 is 11.1 Å². The number of rotatable bonds is 6. The summed E-state index contributed by atoms with van der Waals surface area (Å²) < 4.78 is 2.01. The lowest BCUT2D eigenvalue weighted by atomic mass is 10.3. The Hall–Kier alpha value is -1.53. The standard InChI is InChI=1S/C13H18N4OS/c1-10-2-3-12-16-11(7-17(12)6-10)8-19-9-13(18)15-5-4-14/h2-3,6-7H,4-5,8-9,14H2,1H3,(H,15,18). The van der Waals surface area contributed by atoms with Gasteiger partial charge in [-0.05, 0) is 18.6 Å². The van der Waals surface area contributed by atoms with Gasteiger partial charge in [-0.3, -0.25) is 4.79 Å². The van der Waals surface area contributed by atoms with E-state index in [1.54, 1.807) is 11.8 Å². The molecule has 2 heterocycles. The van der Waals surface area contributed by atoms with Gasteiger partial charge in [0.25, 0.3) is 0 Å². The second kappa shape index (κ2) is 6.58. The molecular weight excluding hydrogens is 260 g/mol. The van der Waals surface area contributed by atoms with E-state index in [1.807, 2.05) is 28.9 Å². The lowest BCUT2D eigenvalue weighted by molar-refractivity contribution is -0.118. The van der Waals surface area contributed by atoms with Crippen LogP contribution in [0.25, 0.3) is 5.65 Å². The van der Waals surface area contributed by atoms with Gasteiger partial charge in [0, 0.05) is 31.2 Å². The van der Waals surface area contributed by atoms with E-state index in [9.17, 15) is 4.79 Å². The van der Waals surface area contributed by atoms with Gasteiger partial charge in [-0.1, -0.05) is 6.07 Å². The number of amides is 1. The zero-order valence-corrected chi connectivity index (χ0v) is 11.7. The average Bonchev–Trinajstić information content (AvgIpc) is 2.78. The normalized spacial score (nSPS) is 10.8. The van der Waals surface area contributed by atoms with Crippen molar-refractivity contribution in [3.8, 4) is 0 Å². The molecule has 0 atom stereocenters. The van der Waals surface area contributed by atoms with Gasteiger partial charge in [0.2, 0.25) is 5.91 Å². The van der Waals surface area contributed by atoms with Crippen LogP contribution in [0.2, 0.25) is 0 Å². The van der Waals surface area contributed by atoms with Crippen molar-refractivity contribution in [2.24, 2.45) is 5.73 Å². The SMILES string of the molecule is Cc1ccc2nc(CSCC(=O)NCCN)cn2c1. The first-order valence-electron chi connectivity index (χ1n) is 6.18. The lowest BCUT2D eigenvalue weighted by Crippen LogP contribution is -2.30. The largest absolute Gasteiger partial charge is 0.354 e. The maximum Gasteiger partial charge on any atom is 0.230 e. The maximum atomic E-state index is 11.4. The molecule has 0 unspecified atom stereocenters. The number of thioether (sulfide) groups is 1. The highest BCUT2D eigenvalue weighted by Crippen LogP contribution is 2.13. The second-order valence-electron chi connectivity index (χ2n) is 4.34. The Bertz CT molecular complexity index is 567. The fraction of sp³-hybridized carbons (Fsp3) is 0.385. The molecule has 0 saturated heterocycles. The zero-order valence-electron chi connectivity index (χ0n) is 10.9. The van der Waals surface area contributed by atoms with Crippen molar-refractivity contribution < 1.29 is 4.79 Å². The van der Waals surface area contributed by atoms with Gasteiger partial charge in [0.1, 0.15) is 5.65 Å². The summed E-state index contributed by atoms with van der Waals surface area (Å²) in [7, 11) is 0. The van der Waals surface area contributed by atoms with E-state index >= 15 is 0 Å². The minimum atomic E-state index is 0.0232. The number of nitrogens with two attached hydrogens (primary N) is 1. The van der Waals surface area contributed by atoms with E-state index in [2.05, 4.69) is 17.2 Å². The number of aromatic nitrogens is 2. The van der Waals surface area contributed by atoms with Crippen LogP contribution in [0, 0.1) is 6.92 Å². The highest BCUT2D eigenvalue weighted by Gasteiger charge is 2.04. The Labute approximate surface area is 116 Å². The van der Waals surface area contributed by atoms with Crippen LogP contribution in [0.4, 0.5) is 0 Å². The van der Waals surface area contributed by atoms with Crippen molar-refractivity contribution in [1.82, 2.24) is 14.7 Å². The Morgan fingerprint density at radius 2 is 2.32 bits per heavy atom. The first-order chi connectivity index (χ1) is 9.19. The van der Waals surface area contributed by atoms with Crippen molar-refractivity contribution in [2.75, 3.05) is 18.8 Å².